The summed E-state index contributed by atoms with van der Waals surface area (Å²) < 4.78 is 2.16. The van der Waals surface area contributed by atoms with Crippen LogP contribution in [0.1, 0.15) is 50.8 Å². The number of carbonyl (C=O) groups is 1. The molecule has 0 spiro atoms. The van der Waals surface area contributed by atoms with Gasteiger partial charge in [-0.1, -0.05) is 24.3 Å². The van der Waals surface area contributed by atoms with E-state index in [2.05, 4.69) is 45.4 Å². The van der Waals surface area contributed by atoms with Crippen molar-refractivity contribution < 1.29 is 4.79 Å². The highest BCUT2D eigenvalue weighted by Gasteiger charge is 2.47. The molecule has 4 heteroatoms. The number of amides is 1. The number of hydrogen-bond acceptors (Lipinski definition) is 2. The van der Waals surface area contributed by atoms with Crippen molar-refractivity contribution in [3.63, 3.8) is 0 Å². The summed E-state index contributed by atoms with van der Waals surface area (Å²) in [6.07, 6.45) is 5.65. The molecule has 1 saturated carbocycles. The summed E-state index contributed by atoms with van der Waals surface area (Å²) in [5.41, 5.74) is 3.24. The van der Waals surface area contributed by atoms with E-state index in [1.54, 1.807) is 0 Å². The molecule has 4 rings (SSSR count). The van der Waals surface area contributed by atoms with Crippen LogP contribution in [0.2, 0.25) is 0 Å². The Morgan fingerprint density at radius 1 is 1.18 bits per heavy atom. The molecule has 1 amide bonds. The van der Waals surface area contributed by atoms with Crippen molar-refractivity contribution >= 4 is 5.91 Å². The fourth-order valence-corrected chi connectivity index (χ4v) is 3.36. The van der Waals surface area contributed by atoms with Crippen LogP contribution in [0.3, 0.4) is 0 Å². The molecule has 1 aliphatic heterocycles. The normalized spacial score (nSPS) is 23.5. The zero-order valence-electron chi connectivity index (χ0n) is 13.0. The minimum atomic E-state index is -0.310. The number of β-lactam (4-membered cyclic amide) rings is 1. The molecule has 0 bridgehead atoms. The van der Waals surface area contributed by atoms with E-state index >= 15 is 0 Å². The lowest BCUT2D eigenvalue weighted by Gasteiger charge is -2.44. The molecular formula is C18H21N3O. The van der Waals surface area contributed by atoms with Crippen LogP contribution >= 0.6 is 0 Å². The van der Waals surface area contributed by atoms with E-state index in [1.807, 2.05) is 20.0 Å². The average molecular weight is 295 g/mol. The third-order valence-electron chi connectivity index (χ3n) is 5.21. The van der Waals surface area contributed by atoms with Crippen molar-refractivity contribution in [3.8, 4) is 11.3 Å². The minimum Gasteiger partial charge on any atom is -0.348 e. The third kappa shape index (κ3) is 1.90. The lowest BCUT2D eigenvalue weighted by molar-refractivity contribution is -0.143. The summed E-state index contributed by atoms with van der Waals surface area (Å²) in [6, 6.07) is 11.3. The van der Waals surface area contributed by atoms with Crippen molar-refractivity contribution in [1.82, 2.24) is 15.1 Å². The molecule has 2 aromatic rings. The second kappa shape index (κ2) is 4.70. The molecule has 0 radical (unpaired) electrons. The second-order valence-electron chi connectivity index (χ2n) is 7.00. The van der Waals surface area contributed by atoms with Gasteiger partial charge >= 0.3 is 0 Å². The van der Waals surface area contributed by atoms with Crippen LogP contribution in [0.4, 0.5) is 0 Å². The average Bonchev–Trinajstić information content (AvgIpc) is 2.92. The lowest BCUT2D eigenvalue weighted by Crippen LogP contribution is -2.57. The van der Waals surface area contributed by atoms with Gasteiger partial charge in [0.1, 0.15) is 0 Å². The number of benzene rings is 1. The van der Waals surface area contributed by atoms with Gasteiger partial charge in [0.15, 0.2) is 0 Å². The molecule has 2 heterocycles. The number of nitrogens with one attached hydrogen (secondary N) is 1. The Kier molecular flexibility index (Phi) is 2.90. The molecule has 1 N–H and O–H groups in total. The highest BCUT2D eigenvalue weighted by Crippen LogP contribution is 2.42. The van der Waals surface area contributed by atoms with Gasteiger partial charge in [-0.05, 0) is 50.3 Å². The number of hydrogen-bond donors (Lipinski definition) is 1. The van der Waals surface area contributed by atoms with Gasteiger partial charge in [-0.3, -0.25) is 9.48 Å². The first kappa shape index (κ1) is 13.6. The summed E-state index contributed by atoms with van der Waals surface area (Å²) in [7, 11) is 0. The van der Waals surface area contributed by atoms with Crippen LogP contribution in [0.5, 0.6) is 0 Å². The van der Waals surface area contributed by atoms with Crippen molar-refractivity contribution in [1.29, 1.82) is 0 Å². The molecular weight excluding hydrogens is 274 g/mol. The maximum absolute atomic E-state index is 11.6. The first-order valence-corrected chi connectivity index (χ1v) is 8.02. The topological polar surface area (TPSA) is 46.9 Å². The predicted molar refractivity (Wildman–Crippen MR) is 85.2 cm³/mol. The number of carbonyl (C=O) groups excluding carboxylic acids is 1. The van der Waals surface area contributed by atoms with Gasteiger partial charge in [-0.2, -0.15) is 5.10 Å². The van der Waals surface area contributed by atoms with Crippen molar-refractivity contribution in [2.75, 3.05) is 0 Å². The Bertz CT molecular complexity index is 710. The van der Waals surface area contributed by atoms with Crippen LogP contribution in [0.25, 0.3) is 11.3 Å². The maximum Gasteiger partial charge on any atom is 0.228 e. The molecule has 1 atom stereocenters. The van der Waals surface area contributed by atoms with Gasteiger partial charge in [0.05, 0.1) is 23.2 Å². The third-order valence-corrected chi connectivity index (χ3v) is 5.21. The highest BCUT2D eigenvalue weighted by molar-refractivity contribution is 5.89. The number of nitrogens with zero attached hydrogens (tertiary/aromatic N) is 2. The summed E-state index contributed by atoms with van der Waals surface area (Å²) in [6.45, 7) is 3.99. The monoisotopic (exact) mass is 295 g/mol. The Morgan fingerprint density at radius 2 is 1.91 bits per heavy atom. The van der Waals surface area contributed by atoms with E-state index < -0.39 is 0 Å². The van der Waals surface area contributed by atoms with E-state index in [0.717, 1.165) is 0 Å². The molecule has 1 aromatic carbocycles. The summed E-state index contributed by atoms with van der Waals surface area (Å²) in [5.74, 6) is 0.129. The van der Waals surface area contributed by atoms with E-state index in [9.17, 15) is 4.79 Å². The van der Waals surface area contributed by atoms with Crippen molar-refractivity contribution in [2.24, 2.45) is 5.41 Å². The van der Waals surface area contributed by atoms with Crippen LogP contribution in [0.15, 0.2) is 36.5 Å². The fraction of sp³-hybridized carbons (Fsp3) is 0.444. The molecule has 2 fully saturated rings. The van der Waals surface area contributed by atoms with Gasteiger partial charge in [-0.15, -0.1) is 0 Å². The summed E-state index contributed by atoms with van der Waals surface area (Å²) in [4.78, 5) is 11.6. The Labute approximate surface area is 130 Å². The van der Waals surface area contributed by atoms with Gasteiger partial charge in [0, 0.05) is 6.20 Å². The number of rotatable bonds is 3. The Hall–Kier alpha value is -2.10. The highest BCUT2D eigenvalue weighted by atomic mass is 16.2. The Morgan fingerprint density at radius 3 is 2.45 bits per heavy atom. The van der Waals surface area contributed by atoms with E-state index in [0.29, 0.717) is 6.04 Å². The first-order chi connectivity index (χ1) is 10.6. The quantitative estimate of drug-likeness (QED) is 0.881. The number of aromatic nitrogens is 2. The maximum atomic E-state index is 11.6. The minimum absolute atomic E-state index is 0.116. The van der Waals surface area contributed by atoms with Gasteiger partial charge in [0.2, 0.25) is 5.91 Å². The van der Waals surface area contributed by atoms with Crippen LogP contribution in [-0.2, 0) is 4.79 Å². The predicted octanol–water partition coefficient (Wildman–Crippen LogP) is 3.47. The molecule has 1 unspecified atom stereocenters. The Balaban J connectivity index is 1.60. The van der Waals surface area contributed by atoms with Crippen LogP contribution in [0, 0.1) is 5.41 Å². The van der Waals surface area contributed by atoms with Crippen LogP contribution in [-0.4, -0.2) is 15.7 Å². The first-order valence-electron chi connectivity index (χ1n) is 8.02. The van der Waals surface area contributed by atoms with E-state index in [4.69, 9.17) is 0 Å². The zero-order valence-corrected chi connectivity index (χ0v) is 13.0. The molecule has 22 heavy (non-hydrogen) atoms. The molecule has 1 aromatic heterocycles. The van der Waals surface area contributed by atoms with Crippen molar-refractivity contribution in [3.05, 3.63) is 42.1 Å². The molecule has 2 aliphatic rings. The second-order valence-corrected chi connectivity index (χ2v) is 7.00. The molecule has 114 valence electrons. The summed E-state index contributed by atoms with van der Waals surface area (Å²) in [5, 5.41) is 7.49. The smallest absolute Gasteiger partial charge is 0.228 e. The van der Waals surface area contributed by atoms with Gasteiger partial charge in [-0.25, -0.2) is 0 Å². The van der Waals surface area contributed by atoms with Gasteiger partial charge in [0.25, 0.3) is 0 Å². The standard InChI is InChI=1S/C18H21N3O/c1-18(2)16(20-17(18)22)13-8-6-12(7-9-13)15-10-11-19-21(15)14-4-3-5-14/h6-11,14,16H,3-5H2,1-2H3,(H,20,22). The largest absolute Gasteiger partial charge is 0.348 e. The summed E-state index contributed by atoms with van der Waals surface area (Å²) >= 11 is 0. The van der Waals surface area contributed by atoms with E-state index in [1.165, 1.54) is 36.1 Å². The molecule has 4 nitrogen and oxygen atoms in total. The fourth-order valence-electron chi connectivity index (χ4n) is 3.36. The molecule has 1 saturated heterocycles. The van der Waals surface area contributed by atoms with Crippen LogP contribution < -0.4 is 5.32 Å². The molecule has 1 aliphatic carbocycles. The van der Waals surface area contributed by atoms with E-state index in [-0.39, 0.29) is 17.4 Å². The van der Waals surface area contributed by atoms with Crippen molar-refractivity contribution in [2.45, 2.75) is 45.2 Å². The van der Waals surface area contributed by atoms with Gasteiger partial charge < -0.3 is 5.32 Å². The zero-order chi connectivity index (χ0) is 15.3. The lowest BCUT2D eigenvalue weighted by atomic mass is 9.73. The SMILES string of the molecule is CC1(C)C(=O)NC1c1ccc(-c2ccnn2C2CCC2)cc1.